The first-order valence-electron chi connectivity index (χ1n) is 6.00. The zero-order valence-electron chi connectivity index (χ0n) is 9.52. The van der Waals surface area contributed by atoms with Crippen LogP contribution >= 0.6 is 0 Å². The summed E-state index contributed by atoms with van der Waals surface area (Å²) in [4.78, 5) is 11.3. The van der Waals surface area contributed by atoms with Gasteiger partial charge in [0.15, 0.2) is 0 Å². The summed E-state index contributed by atoms with van der Waals surface area (Å²) in [6.07, 6.45) is 7.85. The Bertz CT molecular complexity index is 282. The monoisotopic (exact) mass is 208 g/mol. The topological polar surface area (TPSA) is 37.3 Å². The van der Waals surface area contributed by atoms with E-state index < -0.39 is 5.97 Å². The molecular weight excluding hydrogens is 188 g/mol. The third-order valence-electron chi connectivity index (χ3n) is 4.19. The van der Waals surface area contributed by atoms with Crippen LogP contribution in [-0.2, 0) is 4.79 Å². The Morgan fingerprint density at radius 3 is 2.67 bits per heavy atom. The van der Waals surface area contributed by atoms with E-state index in [1.165, 1.54) is 12.8 Å². The van der Waals surface area contributed by atoms with Gasteiger partial charge in [0, 0.05) is 0 Å². The SMILES string of the molecule is C[C@@H]1CC[C@H]2[C@H](C(=O)O)[C@H](C)C=C[C@@H]2C1. The number of fused-ring (bicyclic) bond motifs is 1. The van der Waals surface area contributed by atoms with Crippen molar-refractivity contribution in [3.05, 3.63) is 12.2 Å². The van der Waals surface area contributed by atoms with Crippen molar-refractivity contribution in [2.24, 2.45) is 29.6 Å². The van der Waals surface area contributed by atoms with Crippen LogP contribution in [0.3, 0.4) is 0 Å². The van der Waals surface area contributed by atoms with E-state index in [9.17, 15) is 9.90 Å². The molecule has 0 aromatic heterocycles. The van der Waals surface area contributed by atoms with Gasteiger partial charge < -0.3 is 5.11 Å². The largest absolute Gasteiger partial charge is 0.481 e. The zero-order chi connectivity index (χ0) is 11.0. The second kappa shape index (κ2) is 3.99. The highest BCUT2D eigenvalue weighted by molar-refractivity contribution is 5.71. The Morgan fingerprint density at radius 1 is 1.27 bits per heavy atom. The molecule has 0 aromatic rings. The summed E-state index contributed by atoms with van der Waals surface area (Å²) in [6.45, 7) is 4.31. The fourth-order valence-electron chi connectivity index (χ4n) is 3.35. The van der Waals surface area contributed by atoms with E-state index in [0.29, 0.717) is 11.8 Å². The van der Waals surface area contributed by atoms with Gasteiger partial charge in [-0.15, -0.1) is 0 Å². The van der Waals surface area contributed by atoms with Crippen LogP contribution in [-0.4, -0.2) is 11.1 Å². The normalized spacial score (nSPS) is 44.8. The first-order chi connectivity index (χ1) is 7.09. The second-order valence-electron chi connectivity index (χ2n) is 5.35. The van der Waals surface area contributed by atoms with Crippen molar-refractivity contribution in [1.82, 2.24) is 0 Å². The van der Waals surface area contributed by atoms with Crippen LogP contribution in [0.5, 0.6) is 0 Å². The molecule has 0 amide bonds. The van der Waals surface area contributed by atoms with Crippen molar-refractivity contribution in [3.8, 4) is 0 Å². The predicted octanol–water partition coefficient (Wildman–Crippen LogP) is 2.95. The minimum absolute atomic E-state index is 0.146. The van der Waals surface area contributed by atoms with Gasteiger partial charge in [0.25, 0.3) is 0 Å². The molecule has 0 aliphatic heterocycles. The second-order valence-corrected chi connectivity index (χ2v) is 5.35. The Kier molecular flexibility index (Phi) is 2.85. The summed E-state index contributed by atoms with van der Waals surface area (Å²) >= 11 is 0. The van der Waals surface area contributed by atoms with Crippen LogP contribution in [0.1, 0.15) is 33.1 Å². The number of carboxylic acids is 1. The minimum Gasteiger partial charge on any atom is -0.481 e. The third kappa shape index (κ3) is 1.95. The van der Waals surface area contributed by atoms with Crippen LogP contribution in [0, 0.1) is 29.6 Å². The van der Waals surface area contributed by atoms with Gasteiger partial charge in [0.2, 0.25) is 0 Å². The molecule has 0 radical (unpaired) electrons. The smallest absolute Gasteiger partial charge is 0.307 e. The third-order valence-corrected chi connectivity index (χ3v) is 4.19. The summed E-state index contributed by atoms with van der Waals surface area (Å²) in [6, 6.07) is 0. The molecule has 1 saturated carbocycles. The van der Waals surface area contributed by atoms with Crippen molar-refractivity contribution < 1.29 is 9.90 Å². The molecule has 1 N–H and O–H groups in total. The first-order valence-corrected chi connectivity index (χ1v) is 6.00. The Hall–Kier alpha value is -0.790. The molecular formula is C13H20O2. The maximum atomic E-state index is 11.3. The van der Waals surface area contributed by atoms with Crippen molar-refractivity contribution in [1.29, 1.82) is 0 Å². The van der Waals surface area contributed by atoms with E-state index in [1.807, 2.05) is 6.92 Å². The minimum atomic E-state index is -0.601. The van der Waals surface area contributed by atoms with Gasteiger partial charge >= 0.3 is 5.97 Å². The number of rotatable bonds is 1. The Balaban J connectivity index is 2.20. The van der Waals surface area contributed by atoms with E-state index in [1.54, 1.807) is 0 Å². The van der Waals surface area contributed by atoms with E-state index in [-0.39, 0.29) is 11.8 Å². The summed E-state index contributed by atoms with van der Waals surface area (Å²) < 4.78 is 0. The van der Waals surface area contributed by atoms with Crippen molar-refractivity contribution in [2.45, 2.75) is 33.1 Å². The van der Waals surface area contributed by atoms with Crippen LogP contribution < -0.4 is 0 Å². The maximum absolute atomic E-state index is 11.3. The van der Waals surface area contributed by atoms with E-state index >= 15 is 0 Å². The molecule has 1 fully saturated rings. The summed E-state index contributed by atoms with van der Waals surface area (Å²) in [7, 11) is 0. The van der Waals surface area contributed by atoms with Gasteiger partial charge in [-0.2, -0.15) is 0 Å². The lowest BCUT2D eigenvalue weighted by Crippen LogP contribution is -2.38. The number of aliphatic carboxylic acids is 1. The molecule has 5 atom stereocenters. The van der Waals surface area contributed by atoms with Gasteiger partial charge in [0.05, 0.1) is 5.92 Å². The van der Waals surface area contributed by atoms with Gasteiger partial charge in [-0.05, 0) is 36.5 Å². The fourth-order valence-corrected chi connectivity index (χ4v) is 3.35. The van der Waals surface area contributed by atoms with Crippen LogP contribution in [0.4, 0.5) is 0 Å². The first kappa shape index (κ1) is 10.7. The highest BCUT2D eigenvalue weighted by Gasteiger charge is 2.41. The van der Waals surface area contributed by atoms with E-state index in [4.69, 9.17) is 0 Å². The molecule has 0 saturated heterocycles. The van der Waals surface area contributed by atoms with E-state index in [2.05, 4.69) is 19.1 Å². The highest BCUT2D eigenvalue weighted by Crippen LogP contribution is 2.44. The predicted molar refractivity (Wildman–Crippen MR) is 59.4 cm³/mol. The summed E-state index contributed by atoms with van der Waals surface area (Å²) in [5.41, 5.74) is 0. The highest BCUT2D eigenvalue weighted by atomic mass is 16.4. The molecule has 0 unspecified atom stereocenters. The molecule has 0 aromatic carbocycles. The quantitative estimate of drug-likeness (QED) is 0.673. The van der Waals surface area contributed by atoms with Gasteiger partial charge in [-0.3, -0.25) is 4.79 Å². The number of carbonyl (C=O) groups is 1. The molecule has 0 spiro atoms. The maximum Gasteiger partial charge on any atom is 0.307 e. The number of allylic oxidation sites excluding steroid dienone is 2. The fraction of sp³-hybridized carbons (Fsp3) is 0.769. The van der Waals surface area contributed by atoms with Gasteiger partial charge in [-0.25, -0.2) is 0 Å². The van der Waals surface area contributed by atoms with Crippen molar-refractivity contribution in [2.75, 3.05) is 0 Å². The molecule has 84 valence electrons. The number of hydrogen-bond donors (Lipinski definition) is 1. The standard InChI is InChI=1S/C13H20O2/c1-8-3-6-11-10(7-8)5-4-9(2)12(11)13(14)15/h4-5,8-12H,3,6-7H2,1-2H3,(H,14,15)/t8-,9-,10-,11-,12-/m1/s1. The number of hydrogen-bond acceptors (Lipinski definition) is 1. The van der Waals surface area contributed by atoms with Gasteiger partial charge in [-0.1, -0.05) is 32.4 Å². The molecule has 2 nitrogen and oxygen atoms in total. The average molecular weight is 208 g/mol. The molecule has 2 aliphatic rings. The van der Waals surface area contributed by atoms with Crippen LogP contribution in [0.2, 0.25) is 0 Å². The lowest BCUT2D eigenvalue weighted by atomic mass is 9.63. The van der Waals surface area contributed by atoms with Crippen LogP contribution in [0.25, 0.3) is 0 Å². The summed E-state index contributed by atoms with van der Waals surface area (Å²) in [5, 5.41) is 9.28. The van der Waals surface area contributed by atoms with Crippen molar-refractivity contribution in [3.63, 3.8) is 0 Å². The summed E-state index contributed by atoms with van der Waals surface area (Å²) in [5.74, 6) is 1.13. The molecule has 2 rings (SSSR count). The molecule has 15 heavy (non-hydrogen) atoms. The molecule has 0 heterocycles. The Labute approximate surface area is 91.4 Å². The zero-order valence-corrected chi connectivity index (χ0v) is 9.52. The number of carboxylic acid groups (broad SMARTS) is 1. The lowest BCUT2D eigenvalue weighted by molar-refractivity contribution is -0.147. The average Bonchev–Trinajstić information content (AvgIpc) is 2.17. The van der Waals surface area contributed by atoms with Crippen LogP contribution in [0.15, 0.2) is 12.2 Å². The van der Waals surface area contributed by atoms with Crippen molar-refractivity contribution >= 4 is 5.97 Å². The molecule has 2 heteroatoms. The van der Waals surface area contributed by atoms with Gasteiger partial charge in [0.1, 0.15) is 0 Å². The lowest BCUT2D eigenvalue weighted by Gasteiger charge is -2.41. The van der Waals surface area contributed by atoms with E-state index in [0.717, 1.165) is 12.3 Å². The Morgan fingerprint density at radius 2 is 2.00 bits per heavy atom. The molecule has 2 aliphatic carbocycles. The molecule has 0 bridgehead atoms.